The Labute approximate surface area is 147 Å². The molecule has 3 aromatic rings. The van der Waals surface area contributed by atoms with Crippen molar-refractivity contribution in [2.45, 2.75) is 20.3 Å². The summed E-state index contributed by atoms with van der Waals surface area (Å²) >= 11 is 0. The molecule has 6 heteroatoms. The molecule has 1 aromatic carbocycles. The normalized spacial score (nSPS) is 20.8. The lowest BCUT2D eigenvalue weighted by molar-refractivity contribution is 0.354. The number of benzene rings is 1. The van der Waals surface area contributed by atoms with Gasteiger partial charge in [-0.3, -0.25) is 4.68 Å². The van der Waals surface area contributed by atoms with Crippen molar-refractivity contribution in [2.75, 3.05) is 23.3 Å². The number of anilines is 3. The highest BCUT2D eigenvalue weighted by Gasteiger charge is 2.25. The molecule has 25 heavy (non-hydrogen) atoms. The summed E-state index contributed by atoms with van der Waals surface area (Å²) in [6.45, 7) is 6.60. The minimum absolute atomic E-state index is 0.653. The molecule has 2 atom stereocenters. The van der Waals surface area contributed by atoms with Gasteiger partial charge < -0.3 is 10.2 Å². The molecule has 1 saturated heterocycles. The fourth-order valence-electron chi connectivity index (χ4n) is 3.73. The van der Waals surface area contributed by atoms with E-state index in [0.717, 1.165) is 41.6 Å². The fraction of sp³-hybridized carbons (Fsp3) is 0.421. The lowest BCUT2D eigenvalue weighted by Crippen LogP contribution is -2.39. The molecule has 1 fully saturated rings. The van der Waals surface area contributed by atoms with Crippen LogP contribution in [-0.2, 0) is 7.05 Å². The third-order valence-electron chi connectivity index (χ3n) is 4.77. The summed E-state index contributed by atoms with van der Waals surface area (Å²) in [6, 6.07) is 10.1. The standard InChI is InChI=1S/C19H24N6/c1-13-9-14(2)12-25(11-13)19-22-17(21-15-7-5-4-6-8-15)16-10-20-24(3)18(16)23-19/h4-8,10,13-14H,9,11-12H2,1-3H3,(H,21,22,23). The van der Waals surface area contributed by atoms with Crippen LogP contribution in [0.3, 0.4) is 0 Å². The number of aromatic nitrogens is 4. The van der Waals surface area contributed by atoms with Gasteiger partial charge in [-0.25, -0.2) is 0 Å². The van der Waals surface area contributed by atoms with Crippen molar-refractivity contribution in [3.05, 3.63) is 36.5 Å². The largest absolute Gasteiger partial charge is 0.340 e. The van der Waals surface area contributed by atoms with Crippen LogP contribution in [0, 0.1) is 11.8 Å². The minimum atomic E-state index is 0.653. The van der Waals surface area contributed by atoms with E-state index < -0.39 is 0 Å². The molecule has 0 radical (unpaired) electrons. The second-order valence-electron chi connectivity index (χ2n) is 7.22. The predicted octanol–water partition coefficient (Wildman–Crippen LogP) is 3.59. The third kappa shape index (κ3) is 3.16. The molecule has 0 aliphatic carbocycles. The van der Waals surface area contributed by atoms with Crippen LogP contribution in [0.1, 0.15) is 20.3 Å². The highest BCUT2D eigenvalue weighted by Crippen LogP contribution is 2.29. The van der Waals surface area contributed by atoms with Crippen LogP contribution in [-0.4, -0.2) is 32.8 Å². The number of hydrogen-bond acceptors (Lipinski definition) is 5. The van der Waals surface area contributed by atoms with Crippen molar-refractivity contribution in [1.82, 2.24) is 19.7 Å². The van der Waals surface area contributed by atoms with Gasteiger partial charge in [-0.1, -0.05) is 32.0 Å². The van der Waals surface area contributed by atoms with E-state index in [0.29, 0.717) is 11.8 Å². The Morgan fingerprint density at radius 2 is 1.76 bits per heavy atom. The molecule has 130 valence electrons. The average molecular weight is 336 g/mol. The van der Waals surface area contributed by atoms with E-state index in [1.54, 1.807) is 0 Å². The van der Waals surface area contributed by atoms with E-state index in [4.69, 9.17) is 9.97 Å². The summed E-state index contributed by atoms with van der Waals surface area (Å²) in [7, 11) is 1.92. The lowest BCUT2D eigenvalue weighted by atomic mass is 9.92. The van der Waals surface area contributed by atoms with Crippen molar-refractivity contribution >= 4 is 28.5 Å². The predicted molar refractivity (Wildman–Crippen MR) is 101 cm³/mol. The Morgan fingerprint density at radius 1 is 1.04 bits per heavy atom. The van der Waals surface area contributed by atoms with Crippen molar-refractivity contribution in [3.8, 4) is 0 Å². The van der Waals surface area contributed by atoms with Crippen LogP contribution in [0.15, 0.2) is 36.5 Å². The molecule has 1 aliphatic rings. The topological polar surface area (TPSA) is 58.9 Å². The maximum absolute atomic E-state index is 4.85. The molecule has 0 spiro atoms. The number of aryl methyl sites for hydroxylation is 1. The van der Waals surface area contributed by atoms with Gasteiger partial charge in [-0.15, -0.1) is 0 Å². The summed E-state index contributed by atoms with van der Waals surface area (Å²) < 4.78 is 1.81. The first-order valence-corrected chi connectivity index (χ1v) is 8.87. The quantitative estimate of drug-likeness (QED) is 0.792. The summed E-state index contributed by atoms with van der Waals surface area (Å²) in [5.41, 5.74) is 1.87. The monoisotopic (exact) mass is 336 g/mol. The van der Waals surface area contributed by atoms with Gasteiger partial charge in [-0.05, 0) is 30.4 Å². The molecule has 0 bridgehead atoms. The van der Waals surface area contributed by atoms with E-state index in [9.17, 15) is 0 Å². The molecule has 2 unspecified atom stereocenters. The molecular formula is C19H24N6. The van der Waals surface area contributed by atoms with E-state index >= 15 is 0 Å². The second-order valence-corrected chi connectivity index (χ2v) is 7.22. The van der Waals surface area contributed by atoms with Crippen LogP contribution < -0.4 is 10.2 Å². The first-order chi connectivity index (χ1) is 12.1. The van der Waals surface area contributed by atoms with Crippen LogP contribution in [0.2, 0.25) is 0 Å². The van der Waals surface area contributed by atoms with E-state index in [-0.39, 0.29) is 0 Å². The Kier molecular flexibility index (Phi) is 4.03. The molecule has 2 aromatic heterocycles. The van der Waals surface area contributed by atoms with E-state index in [1.165, 1.54) is 6.42 Å². The minimum Gasteiger partial charge on any atom is -0.340 e. The van der Waals surface area contributed by atoms with Gasteiger partial charge in [0, 0.05) is 25.8 Å². The van der Waals surface area contributed by atoms with Gasteiger partial charge in [-0.2, -0.15) is 15.1 Å². The van der Waals surface area contributed by atoms with Crippen LogP contribution in [0.4, 0.5) is 17.5 Å². The zero-order valence-electron chi connectivity index (χ0n) is 15.0. The molecule has 3 heterocycles. The molecule has 0 saturated carbocycles. The smallest absolute Gasteiger partial charge is 0.229 e. The van der Waals surface area contributed by atoms with Gasteiger partial charge in [0.15, 0.2) is 5.65 Å². The average Bonchev–Trinajstić information content (AvgIpc) is 2.96. The van der Waals surface area contributed by atoms with Crippen molar-refractivity contribution in [3.63, 3.8) is 0 Å². The maximum atomic E-state index is 4.85. The summed E-state index contributed by atoms with van der Waals surface area (Å²) in [6.07, 6.45) is 3.09. The molecule has 0 amide bonds. The van der Waals surface area contributed by atoms with Crippen molar-refractivity contribution < 1.29 is 0 Å². The molecule has 1 aliphatic heterocycles. The van der Waals surface area contributed by atoms with Gasteiger partial charge in [0.2, 0.25) is 5.95 Å². The molecule has 6 nitrogen and oxygen atoms in total. The number of nitrogens with one attached hydrogen (secondary N) is 1. The lowest BCUT2D eigenvalue weighted by Gasteiger charge is -2.35. The van der Waals surface area contributed by atoms with E-state index in [2.05, 4.69) is 29.2 Å². The second kappa shape index (κ2) is 6.35. The van der Waals surface area contributed by atoms with Crippen molar-refractivity contribution in [2.24, 2.45) is 18.9 Å². The van der Waals surface area contributed by atoms with E-state index in [1.807, 2.05) is 48.3 Å². The summed E-state index contributed by atoms with van der Waals surface area (Å²) in [5.74, 6) is 2.90. The highest BCUT2D eigenvalue weighted by molar-refractivity contribution is 5.89. The van der Waals surface area contributed by atoms with Gasteiger partial charge in [0.25, 0.3) is 0 Å². The first-order valence-electron chi connectivity index (χ1n) is 8.87. The van der Waals surface area contributed by atoms with Crippen LogP contribution in [0.25, 0.3) is 11.0 Å². The zero-order chi connectivity index (χ0) is 17.4. The zero-order valence-corrected chi connectivity index (χ0v) is 15.0. The number of rotatable bonds is 3. The number of hydrogen-bond donors (Lipinski definition) is 1. The number of nitrogens with zero attached hydrogens (tertiary/aromatic N) is 5. The van der Waals surface area contributed by atoms with Crippen LogP contribution >= 0.6 is 0 Å². The summed E-state index contributed by atoms with van der Waals surface area (Å²) in [4.78, 5) is 12.0. The van der Waals surface area contributed by atoms with Gasteiger partial charge >= 0.3 is 0 Å². The molecular weight excluding hydrogens is 312 g/mol. The van der Waals surface area contributed by atoms with Crippen molar-refractivity contribution in [1.29, 1.82) is 0 Å². The number of para-hydroxylation sites is 1. The van der Waals surface area contributed by atoms with Gasteiger partial charge in [0.1, 0.15) is 5.82 Å². The molecule has 1 N–H and O–H groups in total. The van der Waals surface area contributed by atoms with Gasteiger partial charge in [0.05, 0.1) is 11.6 Å². The first kappa shape index (κ1) is 15.9. The Morgan fingerprint density at radius 3 is 2.48 bits per heavy atom. The number of fused-ring (bicyclic) bond motifs is 1. The fourth-order valence-corrected chi connectivity index (χ4v) is 3.73. The Hall–Kier alpha value is -2.63. The third-order valence-corrected chi connectivity index (χ3v) is 4.77. The van der Waals surface area contributed by atoms with Crippen LogP contribution in [0.5, 0.6) is 0 Å². The Balaban J connectivity index is 1.76. The highest BCUT2D eigenvalue weighted by atomic mass is 15.3. The maximum Gasteiger partial charge on any atom is 0.229 e. The molecule has 4 rings (SSSR count). The number of piperidine rings is 1. The SMILES string of the molecule is CC1CC(C)CN(c2nc(Nc3ccccc3)c3cnn(C)c3n2)C1. The Bertz CT molecular complexity index is 862. The summed E-state index contributed by atoms with van der Waals surface area (Å²) in [5, 5.41) is 8.74.